The summed E-state index contributed by atoms with van der Waals surface area (Å²) in [6.45, 7) is 2.53. The fourth-order valence-corrected chi connectivity index (χ4v) is 5.20. The Bertz CT molecular complexity index is 1210. The average Bonchev–Trinajstić information content (AvgIpc) is 3.08. The maximum atomic E-state index is 13.5. The number of carbonyl (C=O) groups excluding carboxylic acids is 1. The quantitative estimate of drug-likeness (QED) is 0.188. The van der Waals surface area contributed by atoms with Crippen molar-refractivity contribution < 1.29 is 18.7 Å². The molecule has 4 nitrogen and oxygen atoms in total. The Morgan fingerprint density at radius 2 is 1.81 bits per heavy atom. The molecule has 0 bridgehead atoms. The first kappa shape index (κ1) is 21.9. The second-order valence-corrected chi connectivity index (χ2v) is 9.26. The van der Waals surface area contributed by atoms with E-state index in [0.29, 0.717) is 12.2 Å². The first-order chi connectivity index (χ1) is 14.9. The van der Waals surface area contributed by atoms with Gasteiger partial charge in [0.1, 0.15) is 18.2 Å². The molecule has 0 amide bonds. The Kier molecular flexibility index (Phi) is 6.71. The number of ether oxygens (including phenoxy) is 2. The number of cyclic esters (lactones) is 1. The standard InChI is InChI=1S/C24H16FI2NO3/c1-14-4-2-5-15(8-14)13-30-22-19(26)9-16(10-20(22)27)11-21-24(29)31-23(28-21)17-6-3-7-18(25)12-17/h2-12H,13H2,1H3/b21-11-. The number of halogens is 3. The van der Waals surface area contributed by atoms with E-state index in [1.54, 1.807) is 18.2 Å². The molecule has 0 aliphatic carbocycles. The summed E-state index contributed by atoms with van der Waals surface area (Å²) in [7, 11) is 0. The monoisotopic (exact) mass is 639 g/mol. The number of aliphatic imine (C=N–C) groups is 1. The Labute approximate surface area is 206 Å². The number of nitrogens with zero attached hydrogens (tertiary/aromatic N) is 1. The smallest absolute Gasteiger partial charge is 0.363 e. The highest BCUT2D eigenvalue weighted by molar-refractivity contribution is 14.1. The number of aryl methyl sites for hydroxylation is 1. The second-order valence-electron chi connectivity index (χ2n) is 6.94. The van der Waals surface area contributed by atoms with E-state index in [1.165, 1.54) is 17.7 Å². The number of rotatable bonds is 5. The van der Waals surface area contributed by atoms with Crippen molar-refractivity contribution in [3.8, 4) is 5.75 Å². The van der Waals surface area contributed by atoms with Gasteiger partial charge in [0.25, 0.3) is 0 Å². The Hall–Kier alpha value is -2.27. The van der Waals surface area contributed by atoms with E-state index in [2.05, 4.69) is 69.2 Å². The fraction of sp³-hybridized carbons (Fsp3) is 0.0833. The molecule has 156 valence electrons. The Morgan fingerprint density at radius 1 is 1.06 bits per heavy atom. The lowest BCUT2D eigenvalue weighted by molar-refractivity contribution is -0.129. The lowest BCUT2D eigenvalue weighted by Gasteiger charge is -2.12. The van der Waals surface area contributed by atoms with Gasteiger partial charge in [-0.15, -0.1) is 0 Å². The van der Waals surface area contributed by atoms with Crippen molar-refractivity contribution in [2.75, 3.05) is 0 Å². The van der Waals surface area contributed by atoms with E-state index in [1.807, 2.05) is 24.3 Å². The van der Waals surface area contributed by atoms with Crippen LogP contribution in [0.1, 0.15) is 22.3 Å². The molecular formula is C24H16FI2NO3. The van der Waals surface area contributed by atoms with Crippen LogP contribution in [0.3, 0.4) is 0 Å². The van der Waals surface area contributed by atoms with Crippen LogP contribution >= 0.6 is 45.2 Å². The van der Waals surface area contributed by atoms with Gasteiger partial charge in [0, 0.05) is 5.56 Å². The third kappa shape index (κ3) is 5.32. The van der Waals surface area contributed by atoms with E-state index in [4.69, 9.17) is 9.47 Å². The van der Waals surface area contributed by atoms with Gasteiger partial charge in [-0.25, -0.2) is 14.2 Å². The number of hydrogen-bond donors (Lipinski definition) is 0. The van der Waals surface area contributed by atoms with Crippen LogP contribution in [0.2, 0.25) is 0 Å². The fourth-order valence-electron chi connectivity index (χ4n) is 3.07. The van der Waals surface area contributed by atoms with Gasteiger partial charge in [-0.3, -0.25) is 0 Å². The normalized spacial score (nSPS) is 14.5. The van der Waals surface area contributed by atoms with Crippen LogP contribution in [-0.4, -0.2) is 11.9 Å². The SMILES string of the molecule is Cc1cccc(COc2c(I)cc(/C=C3\N=C(c4cccc(F)c4)OC3=O)cc2I)c1. The van der Waals surface area contributed by atoms with Crippen LogP contribution in [0.15, 0.2) is 71.4 Å². The van der Waals surface area contributed by atoms with Crippen LogP contribution in [0.4, 0.5) is 4.39 Å². The van der Waals surface area contributed by atoms with E-state index < -0.39 is 11.8 Å². The minimum atomic E-state index is -0.566. The third-order valence-corrected chi connectivity index (χ3v) is 6.08. The zero-order chi connectivity index (χ0) is 22.0. The molecule has 3 aromatic carbocycles. The van der Waals surface area contributed by atoms with Gasteiger partial charge >= 0.3 is 5.97 Å². The van der Waals surface area contributed by atoms with Crippen LogP contribution in [0.25, 0.3) is 6.08 Å². The molecule has 0 aromatic heterocycles. The van der Waals surface area contributed by atoms with Crippen LogP contribution in [0, 0.1) is 19.9 Å². The highest BCUT2D eigenvalue weighted by Crippen LogP contribution is 2.31. The topological polar surface area (TPSA) is 47.9 Å². The van der Waals surface area contributed by atoms with Crippen molar-refractivity contribution in [2.45, 2.75) is 13.5 Å². The summed E-state index contributed by atoms with van der Waals surface area (Å²) >= 11 is 4.43. The first-order valence-corrected chi connectivity index (χ1v) is 11.5. The average molecular weight is 639 g/mol. The highest BCUT2D eigenvalue weighted by Gasteiger charge is 2.24. The summed E-state index contributed by atoms with van der Waals surface area (Å²) in [5, 5.41) is 0. The van der Waals surface area contributed by atoms with E-state index in [-0.39, 0.29) is 11.6 Å². The molecule has 0 saturated carbocycles. The Balaban J connectivity index is 1.56. The van der Waals surface area contributed by atoms with Gasteiger partial charge in [0.2, 0.25) is 5.90 Å². The summed E-state index contributed by atoms with van der Waals surface area (Å²) in [6, 6.07) is 17.8. The summed E-state index contributed by atoms with van der Waals surface area (Å²) in [5.41, 5.74) is 3.67. The largest absolute Gasteiger partial charge is 0.487 e. The molecule has 3 aromatic rings. The number of carbonyl (C=O) groups is 1. The maximum Gasteiger partial charge on any atom is 0.363 e. The molecule has 0 radical (unpaired) electrons. The third-order valence-electron chi connectivity index (χ3n) is 4.48. The van der Waals surface area contributed by atoms with E-state index >= 15 is 0 Å². The predicted octanol–water partition coefficient (Wildman–Crippen LogP) is 6.27. The highest BCUT2D eigenvalue weighted by atomic mass is 127. The number of esters is 1. The second kappa shape index (κ2) is 9.47. The number of benzene rings is 3. The predicted molar refractivity (Wildman–Crippen MR) is 134 cm³/mol. The van der Waals surface area contributed by atoms with Gasteiger partial charge in [0.05, 0.1) is 7.14 Å². The molecule has 0 unspecified atom stereocenters. The summed E-state index contributed by atoms with van der Waals surface area (Å²) < 4.78 is 26.6. The lowest BCUT2D eigenvalue weighted by Crippen LogP contribution is -2.05. The van der Waals surface area contributed by atoms with Crippen molar-refractivity contribution in [2.24, 2.45) is 4.99 Å². The van der Waals surface area contributed by atoms with Gasteiger partial charge in [0.15, 0.2) is 5.70 Å². The van der Waals surface area contributed by atoms with Crippen LogP contribution in [-0.2, 0) is 16.1 Å². The zero-order valence-electron chi connectivity index (χ0n) is 16.4. The summed E-state index contributed by atoms with van der Waals surface area (Å²) in [4.78, 5) is 16.5. The minimum absolute atomic E-state index is 0.0956. The van der Waals surface area contributed by atoms with Gasteiger partial charge in [-0.2, -0.15) is 0 Å². The molecule has 4 rings (SSSR count). The Morgan fingerprint density at radius 3 is 2.52 bits per heavy atom. The molecule has 0 atom stereocenters. The van der Waals surface area contributed by atoms with Crippen LogP contribution in [0.5, 0.6) is 5.75 Å². The molecule has 1 heterocycles. The molecule has 31 heavy (non-hydrogen) atoms. The van der Waals surface area contributed by atoms with Crippen LogP contribution < -0.4 is 4.74 Å². The van der Waals surface area contributed by atoms with Crippen molar-refractivity contribution in [1.82, 2.24) is 0 Å². The molecule has 0 spiro atoms. The maximum absolute atomic E-state index is 13.5. The van der Waals surface area contributed by atoms with Gasteiger partial charge in [-0.1, -0.05) is 35.9 Å². The van der Waals surface area contributed by atoms with Crippen molar-refractivity contribution in [3.63, 3.8) is 0 Å². The molecule has 7 heteroatoms. The minimum Gasteiger partial charge on any atom is -0.487 e. The molecule has 0 saturated heterocycles. The van der Waals surface area contributed by atoms with E-state index in [9.17, 15) is 9.18 Å². The van der Waals surface area contributed by atoms with E-state index in [0.717, 1.165) is 24.0 Å². The molecule has 1 aliphatic rings. The lowest BCUT2D eigenvalue weighted by atomic mass is 10.1. The first-order valence-electron chi connectivity index (χ1n) is 9.35. The van der Waals surface area contributed by atoms with Crippen molar-refractivity contribution >= 4 is 63.1 Å². The molecule has 0 N–H and O–H groups in total. The molecular weight excluding hydrogens is 623 g/mol. The summed E-state index contributed by atoms with van der Waals surface area (Å²) in [6.07, 6.45) is 1.66. The van der Waals surface area contributed by atoms with Crippen molar-refractivity contribution in [3.05, 3.63) is 102 Å². The summed E-state index contributed by atoms with van der Waals surface area (Å²) in [5.74, 6) is -0.0934. The van der Waals surface area contributed by atoms with Crippen molar-refractivity contribution in [1.29, 1.82) is 0 Å². The molecule has 1 aliphatic heterocycles. The molecule has 0 fully saturated rings. The zero-order valence-corrected chi connectivity index (χ0v) is 20.7. The number of hydrogen-bond acceptors (Lipinski definition) is 4. The van der Waals surface area contributed by atoms with Gasteiger partial charge in [-0.05, 0) is 99.6 Å². The van der Waals surface area contributed by atoms with Gasteiger partial charge < -0.3 is 9.47 Å².